The van der Waals surface area contributed by atoms with Gasteiger partial charge in [0.2, 0.25) is 10.0 Å². The van der Waals surface area contributed by atoms with Crippen molar-refractivity contribution in [3.63, 3.8) is 0 Å². The highest BCUT2D eigenvalue weighted by Crippen LogP contribution is 2.09. The van der Waals surface area contributed by atoms with Gasteiger partial charge in [-0.05, 0) is 17.5 Å². The Balaban J connectivity index is 1.83. The summed E-state index contributed by atoms with van der Waals surface area (Å²) in [5.74, 6) is 0.168. The summed E-state index contributed by atoms with van der Waals surface area (Å²) in [6.07, 6.45) is 0.915. The van der Waals surface area contributed by atoms with Crippen LogP contribution in [0.25, 0.3) is 0 Å². The SMILES string of the molecule is CCc1ccccc1CNS(=O)(=O)CCN1CCNCC1. The van der Waals surface area contributed by atoms with Crippen molar-refractivity contribution in [1.82, 2.24) is 14.9 Å². The Morgan fingerprint density at radius 3 is 2.52 bits per heavy atom. The molecule has 2 N–H and O–H groups in total. The molecule has 1 saturated heterocycles. The number of hydrogen-bond acceptors (Lipinski definition) is 4. The molecule has 2 rings (SSSR count). The van der Waals surface area contributed by atoms with Crippen LogP contribution in [-0.2, 0) is 23.0 Å². The Kier molecular flexibility index (Phi) is 6.17. The van der Waals surface area contributed by atoms with E-state index in [0.717, 1.165) is 38.2 Å². The van der Waals surface area contributed by atoms with Gasteiger partial charge in [0, 0.05) is 39.3 Å². The summed E-state index contributed by atoms with van der Waals surface area (Å²) in [7, 11) is -3.22. The fraction of sp³-hybridized carbons (Fsp3) is 0.600. The van der Waals surface area contributed by atoms with Gasteiger partial charge in [0.05, 0.1) is 5.75 Å². The van der Waals surface area contributed by atoms with Gasteiger partial charge in [0.25, 0.3) is 0 Å². The molecule has 1 aromatic rings. The van der Waals surface area contributed by atoms with E-state index in [1.807, 2.05) is 24.3 Å². The van der Waals surface area contributed by atoms with Crippen molar-refractivity contribution < 1.29 is 8.42 Å². The fourth-order valence-electron chi connectivity index (χ4n) is 2.52. The molecule has 1 aliphatic heterocycles. The van der Waals surface area contributed by atoms with E-state index in [2.05, 4.69) is 21.9 Å². The van der Waals surface area contributed by atoms with Gasteiger partial charge >= 0.3 is 0 Å². The second-order valence-corrected chi connectivity index (χ2v) is 7.28. The first-order valence-corrected chi connectivity index (χ1v) is 9.23. The van der Waals surface area contributed by atoms with E-state index in [1.165, 1.54) is 5.56 Å². The van der Waals surface area contributed by atoms with Crippen LogP contribution in [0.15, 0.2) is 24.3 Å². The number of nitrogens with one attached hydrogen (secondary N) is 2. The summed E-state index contributed by atoms with van der Waals surface area (Å²) >= 11 is 0. The molecule has 118 valence electrons. The maximum Gasteiger partial charge on any atom is 0.213 e. The lowest BCUT2D eigenvalue weighted by molar-refractivity contribution is 0.253. The zero-order chi connectivity index (χ0) is 15.1. The van der Waals surface area contributed by atoms with Crippen molar-refractivity contribution in [3.05, 3.63) is 35.4 Å². The largest absolute Gasteiger partial charge is 0.314 e. The molecule has 0 unspecified atom stereocenters. The van der Waals surface area contributed by atoms with E-state index in [9.17, 15) is 8.42 Å². The predicted octanol–water partition coefficient (Wildman–Crippen LogP) is 0.574. The van der Waals surface area contributed by atoms with Crippen molar-refractivity contribution in [2.45, 2.75) is 19.9 Å². The minimum absolute atomic E-state index is 0.168. The third-order valence-corrected chi connectivity index (χ3v) is 5.17. The molecule has 0 radical (unpaired) electrons. The van der Waals surface area contributed by atoms with Crippen LogP contribution in [0.4, 0.5) is 0 Å². The zero-order valence-electron chi connectivity index (χ0n) is 12.6. The maximum atomic E-state index is 12.1. The van der Waals surface area contributed by atoms with E-state index in [0.29, 0.717) is 13.1 Å². The molecule has 1 heterocycles. The third kappa shape index (κ3) is 5.39. The molecule has 0 bridgehead atoms. The zero-order valence-corrected chi connectivity index (χ0v) is 13.5. The van der Waals surface area contributed by atoms with Crippen LogP contribution in [0, 0.1) is 0 Å². The van der Waals surface area contributed by atoms with Gasteiger partial charge < -0.3 is 5.32 Å². The van der Waals surface area contributed by atoms with Gasteiger partial charge in [0.1, 0.15) is 0 Å². The number of nitrogens with zero attached hydrogens (tertiary/aromatic N) is 1. The first kappa shape index (κ1) is 16.4. The number of hydrogen-bond donors (Lipinski definition) is 2. The average molecular weight is 311 g/mol. The van der Waals surface area contributed by atoms with Crippen LogP contribution in [0.5, 0.6) is 0 Å². The lowest BCUT2D eigenvalue weighted by Gasteiger charge is -2.26. The van der Waals surface area contributed by atoms with Gasteiger partial charge in [-0.15, -0.1) is 0 Å². The van der Waals surface area contributed by atoms with Crippen LogP contribution in [0.2, 0.25) is 0 Å². The number of benzene rings is 1. The van der Waals surface area contributed by atoms with Gasteiger partial charge in [-0.25, -0.2) is 13.1 Å². The first-order valence-electron chi connectivity index (χ1n) is 7.58. The van der Waals surface area contributed by atoms with Crippen molar-refractivity contribution in [2.75, 3.05) is 38.5 Å². The van der Waals surface area contributed by atoms with E-state index >= 15 is 0 Å². The second kappa shape index (κ2) is 7.89. The van der Waals surface area contributed by atoms with Gasteiger partial charge in [-0.3, -0.25) is 4.90 Å². The Bertz CT molecular complexity index is 540. The summed E-state index contributed by atoms with van der Waals surface area (Å²) in [6.45, 7) is 6.80. The third-order valence-electron chi connectivity index (χ3n) is 3.87. The second-order valence-electron chi connectivity index (χ2n) is 5.35. The molecule has 0 saturated carbocycles. The van der Waals surface area contributed by atoms with Crippen LogP contribution in [0.1, 0.15) is 18.1 Å². The Morgan fingerprint density at radius 1 is 1.19 bits per heavy atom. The molecule has 0 amide bonds. The number of aryl methyl sites for hydroxylation is 1. The van der Waals surface area contributed by atoms with Gasteiger partial charge in [-0.1, -0.05) is 31.2 Å². The fourth-order valence-corrected chi connectivity index (χ4v) is 3.54. The van der Waals surface area contributed by atoms with Crippen LogP contribution < -0.4 is 10.0 Å². The minimum atomic E-state index is -3.22. The van der Waals surface area contributed by atoms with Crippen LogP contribution in [0.3, 0.4) is 0 Å². The lowest BCUT2D eigenvalue weighted by Crippen LogP contribution is -2.45. The topological polar surface area (TPSA) is 61.4 Å². The standard InChI is InChI=1S/C15H25N3O2S/c1-2-14-5-3-4-6-15(14)13-17-21(19,20)12-11-18-9-7-16-8-10-18/h3-6,16-17H,2,7-13H2,1H3. The van der Waals surface area contributed by atoms with Crippen LogP contribution >= 0.6 is 0 Å². The highest BCUT2D eigenvalue weighted by atomic mass is 32.2. The first-order chi connectivity index (χ1) is 10.1. The molecule has 1 fully saturated rings. The van der Waals surface area contributed by atoms with Crippen molar-refractivity contribution in [2.24, 2.45) is 0 Å². The normalized spacial score (nSPS) is 17.0. The lowest BCUT2D eigenvalue weighted by atomic mass is 10.1. The summed E-state index contributed by atoms with van der Waals surface area (Å²) in [4.78, 5) is 2.19. The van der Waals surface area contributed by atoms with Crippen LogP contribution in [-0.4, -0.2) is 51.8 Å². The quantitative estimate of drug-likeness (QED) is 0.773. The highest BCUT2D eigenvalue weighted by Gasteiger charge is 2.15. The number of sulfonamides is 1. The summed E-state index contributed by atoms with van der Waals surface area (Å²) in [6, 6.07) is 7.97. The molecule has 1 aliphatic rings. The van der Waals surface area contributed by atoms with Crippen molar-refractivity contribution in [1.29, 1.82) is 0 Å². The summed E-state index contributed by atoms with van der Waals surface area (Å²) < 4.78 is 26.9. The maximum absolute atomic E-state index is 12.1. The van der Waals surface area contributed by atoms with Crippen molar-refractivity contribution in [3.8, 4) is 0 Å². The van der Waals surface area contributed by atoms with E-state index in [4.69, 9.17) is 0 Å². The van der Waals surface area contributed by atoms with E-state index in [-0.39, 0.29) is 5.75 Å². The number of piperazine rings is 1. The Morgan fingerprint density at radius 2 is 1.86 bits per heavy atom. The van der Waals surface area contributed by atoms with Gasteiger partial charge in [0.15, 0.2) is 0 Å². The molecule has 0 atom stereocenters. The molecule has 6 heteroatoms. The Hall–Kier alpha value is -0.950. The molecular formula is C15H25N3O2S. The van der Waals surface area contributed by atoms with Gasteiger partial charge in [-0.2, -0.15) is 0 Å². The molecule has 0 aromatic heterocycles. The summed E-state index contributed by atoms with van der Waals surface area (Å²) in [5, 5.41) is 3.26. The minimum Gasteiger partial charge on any atom is -0.314 e. The number of rotatable bonds is 7. The molecule has 21 heavy (non-hydrogen) atoms. The van der Waals surface area contributed by atoms with E-state index in [1.54, 1.807) is 0 Å². The molecular weight excluding hydrogens is 286 g/mol. The van der Waals surface area contributed by atoms with E-state index < -0.39 is 10.0 Å². The molecule has 0 spiro atoms. The predicted molar refractivity (Wildman–Crippen MR) is 85.8 cm³/mol. The molecule has 1 aromatic carbocycles. The average Bonchev–Trinajstić information content (AvgIpc) is 2.52. The monoisotopic (exact) mass is 311 g/mol. The van der Waals surface area contributed by atoms with Crippen molar-refractivity contribution >= 4 is 10.0 Å². The molecule has 0 aliphatic carbocycles. The molecule has 5 nitrogen and oxygen atoms in total. The Labute approximate surface area is 127 Å². The smallest absolute Gasteiger partial charge is 0.213 e. The summed E-state index contributed by atoms with van der Waals surface area (Å²) in [5.41, 5.74) is 2.26. The highest BCUT2D eigenvalue weighted by molar-refractivity contribution is 7.89.